The largest absolute Gasteiger partial charge is 0.495 e. The zero-order valence-electron chi connectivity index (χ0n) is 21.4. The van der Waals surface area contributed by atoms with Gasteiger partial charge in [0.1, 0.15) is 5.75 Å². The number of hydrogen-bond acceptors (Lipinski definition) is 8. The first-order valence-electron chi connectivity index (χ1n) is 12.3. The zero-order valence-corrected chi connectivity index (χ0v) is 22.2. The highest BCUT2D eigenvalue weighted by atomic mass is 32.2. The van der Waals surface area contributed by atoms with Crippen LogP contribution in [0.25, 0.3) is 17.1 Å². The Morgan fingerprint density at radius 1 is 0.950 bits per heavy atom. The third-order valence-corrected chi connectivity index (χ3v) is 7.08. The molecule has 0 aliphatic carbocycles. The quantitative estimate of drug-likeness (QED) is 0.137. The highest BCUT2D eigenvalue weighted by Gasteiger charge is 2.20. The molecule has 5 aromatic rings. The maximum atomic E-state index is 12.6. The number of carbonyl (C=O) groups excluding carboxylic acids is 1. The standard InChI is InChI=1S/C29H24N6O4S/c1-39-26-5-3-2-4-25(26)34-27(22-10-12-24(13-11-22)35(37)38)32-33-29(34)40-19-21-6-8-23(9-7-21)28(36)31-18-20-14-16-30-17-15-20/h2-17H,18-19H2,1H3,(H,31,36). The molecule has 0 atom stereocenters. The van der Waals surface area contributed by atoms with E-state index in [1.807, 2.05) is 53.1 Å². The first kappa shape index (κ1) is 26.6. The SMILES string of the molecule is COc1ccccc1-n1c(SCc2ccc(C(=O)NCc3ccncc3)cc2)nnc1-c1ccc([N+](=O)[O-])cc1. The molecule has 0 aliphatic heterocycles. The Bertz CT molecular complexity index is 1620. The Hall–Kier alpha value is -5.03. The molecule has 11 heteroatoms. The molecule has 0 unspecified atom stereocenters. The normalized spacial score (nSPS) is 10.7. The summed E-state index contributed by atoms with van der Waals surface area (Å²) in [7, 11) is 1.59. The maximum Gasteiger partial charge on any atom is 0.269 e. The van der Waals surface area contributed by atoms with Gasteiger partial charge < -0.3 is 10.1 Å². The first-order chi connectivity index (χ1) is 19.5. The van der Waals surface area contributed by atoms with Crippen molar-refractivity contribution in [2.75, 3.05) is 7.11 Å². The number of methoxy groups -OCH3 is 1. The summed E-state index contributed by atoms with van der Waals surface area (Å²) in [5.41, 5.74) is 3.97. The summed E-state index contributed by atoms with van der Waals surface area (Å²) in [6.45, 7) is 0.425. The van der Waals surface area contributed by atoms with Crippen molar-refractivity contribution in [2.24, 2.45) is 0 Å². The smallest absolute Gasteiger partial charge is 0.269 e. The average Bonchev–Trinajstić information content (AvgIpc) is 3.43. The van der Waals surface area contributed by atoms with E-state index in [1.54, 1.807) is 43.8 Å². The van der Waals surface area contributed by atoms with Crippen LogP contribution >= 0.6 is 11.8 Å². The molecular weight excluding hydrogens is 528 g/mol. The van der Waals surface area contributed by atoms with Crippen molar-refractivity contribution in [2.45, 2.75) is 17.5 Å². The molecule has 10 nitrogen and oxygen atoms in total. The van der Waals surface area contributed by atoms with E-state index < -0.39 is 4.92 Å². The molecule has 1 N–H and O–H groups in total. The molecule has 0 aliphatic rings. The number of non-ortho nitro benzene ring substituents is 1. The van der Waals surface area contributed by atoms with Crippen molar-refractivity contribution in [3.63, 3.8) is 0 Å². The first-order valence-corrected chi connectivity index (χ1v) is 13.2. The molecule has 3 aromatic carbocycles. The van der Waals surface area contributed by atoms with Gasteiger partial charge in [0.2, 0.25) is 0 Å². The van der Waals surface area contributed by atoms with Crippen LogP contribution < -0.4 is 10.1 Å². The minimum atomic E-state index is -0.439. The van der Waals surface area contributed by atoms with Gasteiger partial charge in [-0.25, -0.2) is 0 Å². The fourth-order valence-corrected chi connectivity index (χ4v) is 4.90. The summed E-state index contributed by atoms with van der Waals surface area (Å²) in [4.78, 5) is 27.2. The number of nitrogens with zero attached hydrogens (tertiary/aromatic N) is 5. The van der Waals surface area contributed by atoms with Crippen LogP contribution in [0.15, 0.2) is 102 Å². The summed E-state index contributed by atoms with van der Waals surface area (Å²) in [6.07, 6.45) is 3.38. The number of amides is 1. The van der Waals surface area contributed by atoms with E-state index in [0.717, 1.165) is 16.8 Å². The van der Waals surface area contributed by atoms with E-state index >= 15 is 0 Å². The van der Waals surface area contributed by atoms with Crippen LogP contribution in [0.3, 0.4) is 0 Å². The van der Waals surface area contributed by atoms with Gasteiger partial charge >= 0.3 is 0 Å². The van der Waals surface area contributed by atoms with E-state index in [2.05, 4.69) is 20.5 Å². The summed E-state index contributed by atoms with van der Waals surface area (Å²) < 4.78 is 7.48. The number of aromatic nitrogens is 4. The van der Waals surface area contributed by atoms with Crippen LogP contribution in [0.4, 0.5) is 5.69 Å². The van der Waals surface area contributed by atoms with E-state index in [4.69, 9.17) is 4.74 Å². The van der Waals surface area contributed by atoms with Crippen LogP contribution in [0.1, 0.15) is 21.5 Å². The molecule has 1 amide bonds. The molecular formula is C29H24N6O4S. The van der Waals surface area contributed by atoms with Gasteiger partial charge in [-0.1, -0.05) is 36.0 Å². The molecule has 40 heavy (non-hydrogen) atoms. The lowest BCUT2D eigenvalue weighted by molar-refractivity contribution is -0.384. The Morgan fingerprint density at radius 2 is 1.68 bits per heavy atom. The second-order valence-electron chi connectivity index (χ2n) is 8.64. The lowest BCUT2D eigenvalue weighted by atomic mass is 10.1. The van der Waals surface area contributed by atoms with Gasteiger partial charge in [-0.15, -0.1) is 10.2 Å². The lowest BCUT2D eigenvalue weighted by Crippen LogP contribution is -2.22. The number of para-hydroxylation sites is 2. The number of thioether (sulfide) groups is 1. The maximum absolute atomic E-state index is 12.6. The molecule has 0 spiro atoms. The predicted molar refractivity (Wildman–Crippen MR) is 151 cm³/mol. The van der Waals surface area contributed by atoms with E-state index in [0.29, 0.717) is 40.2 Å². The van der Waals surface area contributed by atoms with Crippen LogP contribution in [0.2, 0.25) is 0 Å². The molecule has 5 rings (SSSR count). The third-order valence-electron chi connectivity index (χ3n) is 6.08. The number of ether oxygens (including phenoxy) is 1. The van der Waals surface area contributed by atoms with Crippen LogP contribution in [-0.4, -0.2) is 37.7 Å². The molecule has 0 saturated heterocycles. The number of rotatable bonds is 10. The second kappa shape index (κ2) is 12.2. The van der Waals surface area contributed by atoms with Gasteiger partial charge in [0.25, 0.3) is 11.6 Å². The van der Waals surface area contributed by atoms with E-state index in [-0.39, 0.29) is 11.6 Å². The number of nitro groups is 1. The summed E-state index contributed by atoms with van der Waals surface area (Å²) in [6, 6.07) is 24.8. The van der Waals surface area contributed by atoms with Gasteiger partial charge in [-0.05, 0) is 59.7 Å². The van der Waals surface area contributed by atoms with Crippen molar-refractivity contribution in [3.8, 4) is 22.8 Å². The van der Waals surface area contributed by atoms with Crippen LogP contribution in [-0.2, 0) is 12.3 Å². The minimum Gasteiger partial charge on any atom is -0.495 e. The van der Waals surface area contributed by atoms with Gasteiger partial charge in [-0.2, -0.15) is 0 Å². The average molecular weight is 553 g/mol. The van der Waals surface area contributed by atoms with Crippen molar-refractivity contribution in [1.82, 2.24) is 25.1 Å². The van der Waals surface area contributed by atoms with Crippen LogP contribution in [0, 0.1) is 10.1 Å². The van der Waals surface area contributed by atoms with E-state index in [9.17, 15) is 14.9 Å². The van der Waals surface area contributed by atoms with Gasteiger partial charge in [0.15, 0.2) is 11.0 Å². The molecule has 200 valence electrons. The molecule has 0 radical (unpaired) electrons. The van der Waals surface area contributed by atoms with Gasteiger partial charge in [0, 0.05) is 48.0 Å². The number of pyridine rings is 1. The lowest BCUT2D eigenvalue weighted by Gasteiger charge is -2.14. The topological polar surface area (TPSA) is 125 Å². The second-order valence-corrected chi connectivity index (χ2v) is 9.58. The Labute approximate surface area is 234 Å². The molecule has 2 heterocycles. The molecule has 0 bridgehead atoms. The molecule has 0 fully saturated rings. The van der Waals surface area contributed by atoms with Crippen LogP contribution in [0.5, 0.6) is 5.75 Å². The summed E-state index contributed by atoms with van der Waals surface area (Å²) >= 11 is 1.48. The highest BCUT2D eigenvalue weighted by Crippen LogP contribution is 2.34. The molecule has 0 saturated carbocycles. The fourth-order valence-electron chi connectivity index (χ4n) is 4.00. The fraction of sp³-hybridized carbons (Fsp3) is 0.103. The number of benzene rings is 3. The van der Waals surface area contributed by atoms with Gasteiger partial charge in [0.05, 0.1) is 17.7 Å². The molecule has 2 aromatic heterocycles. The van der Waals surface area contributed by atoms with E-state index in [1.165, 1.54) is 23.9 Å². The Balaban J connectivity index is 1.35. The number of hydrogen-bond donors (Lipinski definition) is 1. The van der Waals surface area contributed by atoms with Crippen molar-refractivity contribution < 1.29 is 14.5 Å². The van der Waals surface area contributed by atoms with Crippen molar-refractivity contribution in [1.29, 1.82) is 0 Å². The minimum absolute atomic E-state index is 0.00352. The van der Waals surface area contributed by atoms with Crippen molar-refractivity contribution >= 4 is 23.4 Å². The third kappa shape index (κ3) is 6.00. The summed E-state index contributed by atoms with van der Waals surface area (Å²) in [5.74, 6) is 1.59. The number of nitro benzene ring substituents is 1. The number of nitrogens with one attached hydrogen (secondary N) is 1. The highest BCUT2D eigenvalue weighted by molar-refractivity contribution is 7.98. The predicted octanol–water partition coefficient (Wildman–Crippen LogP) is 5.47. The van der Waals surface area contributed by atoms with Gasteiger partial charge in [-0.3, -0.25) is 24.5 Å². The summed E-state index contributed by atoms with van der Waals surface area (Å²) in [5, 5.41) is 23.5. The monoisotopic (exact) mass is 552 g/mol. The number of carbonyl (C=O) groups is 1. The zero-order chi connectivity index (χ0) is 27.9. The van der Waals surface area contributed by atoms with Crippen molar-refractivity contribution in [3.05, 3.63) is 124 Å². The Kier molecular flexibility index (Phi) is 8.12. The Morgan fingerprint density at radius 3 is 2.38 bits per heavy atom.